The van der Waals surface area contributed by atoms with Crippen LogP contribution in [-0.2, 0) is 0 Å². The number of nitrogens with zero attached hydrogens (tertiary/aromatic N) is 1. The summed E-state index contributed by atoms with van der Waals surface area (Å²) in [4.78, 5) is 18.5. The van der Waals surface area contributed by atoms with Gasteiger partial charge in [0.25, 0.3) is 5.56 Å². The van der Waals surface area contributed by atoms with E-state index in [0.717, 1.165) is 0 Å². The average Bonchev–Trinajstić information content (AvgIpc) is 2.32. The van der Waals surface area contributed by atoms with Crippen molar-refractivity contribution in [3.63, 3.8) is 0 Å². The van der Waals surface area contributed by atoms with E-state index in [4.69, 9.17) is 11.6 Å². The van der Waals surface area contributed by atoms with Crippen molar-refractivity contribution >= 4 is 27.5 Å². The molecule has 1 heterocycles. The number of aryl methyl sites for hydroxylation is 2. The first-order chi connectivity index (χ1) is 8.41. The van der Waals surface area contributed by atoms with Crippen molar-refractivity contribution in [1.29, 1.82) is 0 Å². The molecule has 0 atom stereocenters. The fourth-order valence-electron chi connectivity index (χ4n) is 1.51. The fraction of sp³-hybridized carbons (Fsp3) is 0.167. The molecule has 0 radical (unpaired) electrons. The van der Waals surface area contributed by atoms with E-state index >= 15 is 0 Å². The third kappa shape index (κ3) is 2.20. The van der Waals surface area contributed by atoms with Gasteiger partial charge in [-0.1, -0.05) is 11.6 Å². The molecule has 94 valence electrons. The molecular formula is C12H9BrClFN2O. The van der Waals surface area contributed by atoms with Gasteiger partial charge in [-0.3, -0.25) is 4.79 Å². The highest BCUT2D eigenvalue weighted by atomic mass is 79.9. The Labute approximate surface area is 116 Å². The molecule has 2 rings (SSSR count). The number of rotatable bonds is 1. The van der Waals surface area contributed by atoms with Crippen LogP contribution in [0.3, 0.4) is 0 Å². The van der Waals surface area contributed by atoms with Gasteiger partial charge >= 0.3 is 0 Å². The molecule has 0 saturated carbocycles. The maximum absolute atomic E-state index is 14.0. The third-order valence-electron chi connectivity index (χ3n) is 2.63. The molecule has 0 spiro atoms. The van der Waals surface area contributed by atoms with Gasteiger partial charge in [0.1, 0.15) is 5.69 Å². The molecule has 0 aliphatic carbocycles. The lowest BCUT2D eigenvalue weighted by molar-refractivity contribution is 0.630. The van der Waals surface area contributed by atoms with Crippen LogP contribution in [0.1, 0.15) is 11.4 Å². The average molecular weight is 332 g/mol. The number of nitrogens with one attached hydrogen (secondary N) is 1. The van der Waals surface area contributed by atoms with Crippen molar-refractivity contribution in [2.24, 2.45) is 0 Å². The predicted molar refractivity (Wildman–Crippen MR) is 72.4 cm³/mol. The normalized spacial score (nSPS) is 10.7. The summed E-state index contributed by atoms with van der Waals surface area (Å²) in [6, 6.07) is 3.05. The van der Waals surface area contributed by atoms with E-state index in [-0.39, 0.29) is 16.3 Å². The minimum absolute atomic E-state index is 0.0324. The molecule has 0 saturated heterocycles. The van der Waals surface area contributed by atoms with E-state index in [2.05, 4.69) is 25.9 Å². The maximum Gasteiger partial charge on any atom is 0.274 e. The molecule has 1 aromatic carbocycles. The van der Waals surface area contributed by atoms with E-state index in [1.807, 2.05) is 0 Å². The van der Waals surface area contributed by atoms with Gasteiger partial charge in [0.05, 0.1) is 10.7 Å². The van der Waals surface area contributed by atoms with Gasteiger partial charge in [0, 0.05) is 15.7 Å². The van der Waals surface area contributed by atoms with Gasteiger partial charge in [-0.15, -0.1) is 0 Å². The Morgan fingerprint density at radius 3 is 2.72 bits per heavy atom. The molecule has 0 aliphatic heterocycles. The van der Waals surface area contributed by atoms with Crippen LogP contribution in [0.5, 0.6) is 0 Å². The molecule has 0 fully saturated rings. The zero-order valence-electron chi connectivity index (χ0n) is 9.64. The monoisotopic (exact) mass is 330 g/mol. The van der Waals surface area contributed by atoms with Gasteiger partial charge in [-0.25, -0.2) is 9.37 Å². The molecular weight excluding hydrogens is 323 g/mol. The summed E-state index contributed by atoms with van der Waals surface area (Å²) >= 11 is 8.91. The number of aromatic amines is 1. The molecule has 0 aliphatic rings. The number of aromatic nitrogens is 2. The summed E-state index contributed by atoms with van der Waals surface area (Å²) in [6.07, 6.45) is 0. The first kappa shape index (κ1) is 13.2. The second-order valence-corrected chi connectivity index (χ2v) is 5.08. The summed E-state index contributed by atoms with van der Waals surface area (Å²) < 4.78 is 14.4. The number of benzene rings is 1. The lowest BCUT2D eigenvalue weighted by Crippen LogP contribution is -2.15. The molecule has 0 amide bonds. The molecule has 3 nitrogen and oxygen atoms in total. The third-order valence-corrected chi connectivity index (χ3v) is 3.89. The molecule has 1 N–H and O–H groups in total. The zero-order valence-corrected chi connectivity index (χ0v) is 12.0. The second-order valence-electron chi connectivity index (χ2n) is 3.85. The molecule has 6 heteroatoms. The van der Waals surface area contributed by atoms with Crippen molar-refractivity contribution in [3.05, 3.63) is 49.2 Å². The van der Waals surface area contributed by atoms with Crippen LogP contribution in [0.25, 0.3) is 11.3 Å². The summed E-state index contributed by atoms with van der Waals surface area (Å²) in [5.41, 5.74) is 0.989. The van der Waals surface area contributed by atoms with Crippen LogP contribution in [0.4, 0.5) is 4.39 Å². The maximum atomic E-state index is 14.0. The van der Waals surface area contributed by atoms with E-state index < -0.39 is 11.4 Å². The van der Waals surface area contributed by atoms with Gasteiger partial charge in [-0.05, 0) is 41.9 Å². The van der Waals surface area contributed by atoms with Crippen LogP contribution < -0.4 is 5.56 Å². The molecule has 1 aromatic heterocycles. The zero-order chi connectivity index (χ0) is 13.4. The summed E-state index contributed by atoms with van der Waals surface area (Å²) in [5, 5.41) is -0.0630. The van der Waals surface area contributed by atoms with Gasteiger partial charge in [0.15, 0.2) is 5.82 Å². The molecule has 0 bridgehead atoms. The Bertz CT molecular complexity index is 685. The van der Waals surface area contributed by atoms with E-state index in [9.17, 15) is 9.18 Å². The Hall–Kier alpha value is -1.20. The van der Waals surface area contributed by atoms with E-state index in [1.54, 1.807) is 19.9 Å². The fourth-order valence-corrected chi connectivity index (χ4v) is 1.98. The van der Waals surface area contributed by atoms with Crippen LogP contribution in [-0.4, -0.2) is 9.97 Å². The highest BCUT2D eigenvalue weighted by Crippen LogP contribution is 2.31. The standard InChI is InChI=1S/C12H9BrClFN2O/c1-5-6(2)17-12(18)11(16-5)7-3-4-8(13)9(14)10(7)15/h3-4H,1-2H3,(H,17,18). The minimum atomic E-state index is -0.660. The van der Waals surface area contributed by atoms with Crippen LogP contribution >= 0.6 is 27.5 Å². The van der Waals surface area contributed by atoms with E-state index in [1.165, 1.54) is 6.07 Å². The van der Waals surface area contributed by atoms with Gasteiger partial charge < -0.3 is 4.98 Å². The Morgan fingerprint density at radius 2 is 2.06 bits per heavy atom. The van der Waals surface area contributed by atoms with Gasteiger partial charge in [-0.2, -0.15) is 0 Å². The van der Waals surface area contributed by atoms with Crippen molar-refractivity contribution < 1.29 is 4.39 Å². The minimum Gasteiger partial charge on any atom is -0.323 e. The summed E-state index contributed by atoms with van der Waals surface area (Å²) in [6.45, 7) is 3.48. The van der Waals surface area contributed by atoms with Crippen molar-refractivity contribution in [3.8, 4) is 11.3 Å². The quantitative estimate of drug-likeness (QED) is 0.811. The number of hydrogen-bond donors (Lipinski definition) is 1. The summed E-state index contributed by atoms with van der Waals surface area (Å²) in [5.74, 6) is -0.660. The summed E-state index contributed by atoms with van der Waals surface area (Å²) in [7, 11) is 0. The number of halogens is 3. The van der Waals surface area contributed by atoms with Crippen molar-refractivity contribution in [2.45, 2.75) is 13.8 Å². The topological polar surface area (TPSA) is 45.8 Å². The van der Waals surface area contributed by atoms with Gasteiger partial charge in [0.2, 0.25) is 0 Å². The Kier molecular flexibility index (Phi) is 3.54. The number of hydrogen-bond acceptors (Lipinski definition) is 2. The van der Waals surface area contributed by atoms with Crippen molar-refractivity contribution in [1.82, 2.24) is 9.97 Å². The van der Waals surface area contributed by atoms with Crippen LogP contribution in [0.15, 0.2) is 21.4 Å². The molecule has 18 heavy (non-hydrogen) atoms. The van der Waals surface area contributed by atoms with Crippen molar-refractivity contribution in [2.75, 3.05) is 0 Å². The van der Waals surface area contributed by atoms with Crippen LogP contribution in [0, 0.1) is 19.7 Å². The first-order valence-electron chi connectivity index (χ1n) is 5.13. The largest absolute Gasteiger partial charge is 0.323 e. The molecule has 0 unspecified atom stereocenters. The highest BCUT2D eigenvalue weighted by Gasteiger charge is 2.16. The lowest BCUT2D eigenvalue weighted by atomic mass is 10.1. The Balaban J connectivity index is 2.74. The lowest BCUT2D eigenvalue weighted by Gasteiger charge is -2.07. The smallest absolute Gasteiger partial charge is 0.274 e. The van der Waals surface area contributed by atoms with E-state index in [0.29, 0.717) is 15.9 Å². The SMILES string of the molecule is Cc1nc(-c2ccc(Br)c(Cl)c2F)c(=O)[nH]c1C. The first-order valence-corrected chi connectivity index (χ1v) is 6.30. The Morgan fingerprint density at radius 1 is 1.39 bits per heavy atom. The highest BCUT2D eigenvalue weighted by molar-refractivity contribution is 9.10. The molecule has 2 aromatic rings. The number of H-pyrrole nitrogens is 1. The predicted octanol–water partition coefficient (Wildman–Crippen LogP) is 3.61. The van der Waals surface area contributed by atoms with Crippen LogP contribution in [0.2, 0.25) is 5.02 Å². The second kappa shape index (κ2) is 4.82.